The molecule has 6 heteroatoms. The van der Waals surface area contributed by atoms with Gasteiger partial charge in [0.2, 0.25) is 0 Å². The normalized spacial score (nSPS) is 12.0. The molecule has 0 amide bonds. The zero-order valence-corrected chi connectivity index (χ0v) is 45.2. The summed E-state index contributed by atoms with van der Waals surface area (Å²) in [4.78, 5) is 38.2. The zero-order chi connectivity index (χ0) is 48.1. The largest absolute Gasteiger partial charge is 0.462 e. The number of esters is 3. The standard InChI is InChI=1S/C60H116O6/c1-5-7-9-11-13-15-17-19-21-22-23-24-25-27-32-36-40-44-48-52-59(62)65-55-57(54-64-58(61)51-47-43-39-35-31-26-20-18-16-14-12-10-8-6-2)66-60(63)53-49-45-41-37-33-29-28-30-34-38-42-46-50-56(3)4/h56-57H,5-55H2,1-4H3/t57-/m1/s1. The van der Waals surface area contributed by atoms with Crippen molar-refractivity contribution in [2.45, 2.75) is 348 Å². The lowest BCUT2D eigenvalue weighted by Crippen LogP contribution is -2.30. The van der Waals surface area contributed by atoms with Gasteiger partial charge >= 0.3 is 17.9 Å². The van der Waals surface area contributed by atoms with E-state index in [0.29, 0.717) is 19.3 Å². The van der Waals surface area contributed by atoms with E-state index in [1.807, 2.05) is 0 Å². The third-order valence-corrected chi connectivity index (χ3v) is 13.8. The van der Waals surface area contributed by atoms with Crippen LogP contribution in [-0.2, 0) is 28.6 Å². The fourth-order valence-electron chi connectivity index (χ4n) is 9.28. The van der Waals surface area contributed by atoms with Crippen LogP contribution in [0.5, 0.6) is 0 Å². The summed E-state index contributed by atoms with van der Waals surface area (Å²) in [6.45, 7) is 9.07. The first-order valence-corrected chi connectivity index (χ1v) is 29.9. The topological polar surface area (TPSA) is 78.9 Å². The molecule has 392 valence electrons. The highest BCUT2D eigenvalue weighted by atomic mass is 16.6. The van der Waals surface area contributed by atoms with Crippen LogP contribution in [0.15, 0.2) is 0 Å². The second-order valence-corrected chi connectivity index (χ2v) is 21.1. The first-order valence-electron chi connectivity index (χ1n) is 29.9. The van der Waals surface area contributed by atoms with Crippen LogP contribution in [0.1, 0.15) is 342 Å². The van der Waals surface area contributed by atoms with Crippen molar-refractivity contribution < 1.29 is 28.6 Å². The zero-order valence-electron chi connectivity index (χ0n) is 45.2. The molecule has 66 heavy (non-hydrogen) atoms. The van der Waals surface area contributed by atoms with Gasteiger partial charge in [0.1, 0.15) is 13.2 Å². The second kappa shape index (κ2) is 54.4. The summed E-state index contributed by atoms with van der Waals surface area (Å²) >= 11 is 0. The van der Waals surface area contributed by atoms with Crippen LogP contribution in [0.2, 0.25) is 0 Å². The Labute approximate surface area is 412 Å². The molecule has 0 aliphatic carbocycles. The van der Waals surface area contributed by atoms with Gasteiger partial charge in [0, 0.05) is 19.3 Å². The molecule has 0 aromatic heterocycles. The van der Waals surface area contributed by atoms with Gasteiger partial charge in [-0.1, -0.05) is 304 Å². The second-order valence-electron chi connectivity index (χ2n) is 21.1. The summed E-state index contributed by atoms with van der Waals surface area (Å²) in [5.74, 6) is -0.00138. The summed E-state index contributed by atoms with van der Waals surface area (Å²) in [5, 5.41) is 0. The summed E-state index contributed by atoms with van der Waals surface area (Å²) in [7, 11) is 0. The molecule has 1 atom stereocenters. The molecule has 0 rings (SSSR count). The molecule has 0 unspecified atom stereocenters. The fourth-order valence-corrected chi connectivity index (χ4v) is 9.28. The van der Waals surface area contributed by atoms with Crippen LogP contribution in [0.3, 0.4) is 0 Å². The third kappa shape index (κ3) is 53.4. The lowest BCUT2D eigenvalue weighted by Gasteiger charge is -2.18. The lowest BCUT2D eigenvalue weighted by molar-refractivity contribution is -0.167. The molecule has 0 aliphatic heterocycles. The molecule has 6 nitrogen and oxygen atoms in total. The highest BCUT2D eigenvalue weighted by Gasteiger charge is 2.19. The van der Waals surface area contributed by atoms with E-state index in [0.717, 1.165) is 63.7 Å². The maximum absolute atomic E-state index is 12.9. The predicted octanol–water partition coefficient (Wildman–Crippen LogP) is 19.8. The van der Waals surface area contributed by atoms with Crippen molar-refractivity contribution in [1.29, 1.82) is 0 Å². The number of carbonyl (C=O) groups excluding carboxylic acids is 3. The number of unbranched alkanes of at least 4 members (excludes halogenated alkanes) is 42. The summed E-state index contributed by atoms with van der Waals surface area (Å²) in [6.07, 6.45) is 59.5. The summed E-state index contributed by atoms with van der Waals surface area (Å²) < 4.78 is 16.9. The number of ether oxygens (including phenoxy) is 3. The van der Waals surface area contributed by atoms with Gasteiger partial charge in [-0.2, -0.15) is 0 Å². The minimum Gasteiger partial charge on any atom is -0.462 e. The van der Waals surface area contributed by atoms with Crippen molar-refractivity contribution in [1.82, 2.24) is 0 Å². The molecule has 0 aromatic rings. The van der Waals surface area contributed by atoms with Crippen molar-refractivity contribution in [2.24, 2.45) is 5.92 Å². The highest BCUT2D eigenvalue weighted by Crippen LogP contribution is 2.18. The Morgan fingerprint density at radius 2 is 0.500 bits per heavy atom. The van der Waals surface area contributed by atoms with E-state index < -0.39 is 6.10 Å². The SMILES string of the molecule is CCCCCCCCCCCCCCCCCCCCCC(=O)OC[C@@H](COC(=O)CCCCCCCCCCCCCCCC)OC(=O)CCCCCCCCCCCCCCC(C)C. The van der Waals surface area contributed by atoms with Crippen molar-refractivity contribution in [2.75, 3.05) is 13.2 Å². The molecule has 0 aliphatic rings. The lowest BCUT2D eigenvalue weighted by atomic mass is 10.0. The highest BCUT2D eigenvalue weighted by molar-refractivity contribution is 5.71. The molecule has 0 N–H and O–H groups in total. The molecule has 0 aromatic carbocycles. The minimum atomic E-state index is -0.762. The monoisotopic (exact) mass is 933 g/mol. The Balaban J connectivity index is 4.27. The van der Waals surface area contributed by atoms with Gasteiger partial charge in [0.05, 0.1) is 0 Å². The quantitative estimate of drug-likeness (QED) is 0.0343. The van der Waals surface area contributed by atoms with Crippen molar-refractivity contribution in [3.8, 4) is 0 Å². The summed E-state index contributed by atoms with van der Waals surface area (Å²) in [6, 6.07) is 0. The first kappa shape index (κ1) is 64.4. The maximum atomic E-state index is 12.9. The molecule has 0 heterocycles. The van der Waals surface area contributed by atoms with Crippen LogP contribution >= 0.6 is 0 Å². The average molecular weight is 934 g/mol. The van der Waals surface area contributed by atoms with Gasteiger partial charge in [0.15, 0.2) is 6.10 Å². The van der Waals surface area contributed by atoms with E-state index in [1.54, 1.807) is 0 Å². The van der Waals surface area contributed by atoms with E-state index in [-0.39, 0.29) is 31.1 Å². The third-order valence-electron chi connectivity index (χ3n) is 13.8. The van der Waals surface area contributed by atoms with Gasteiger partial charge in [-0.05, 0) is 25.2 Å². The van der Waals surface area contributed by atoms with E-state index in [9.17, 15) is 14.4 Å². The molecule has 0 spiro atoms. The van der Waals surface area contributed by atoms with E-state index in [2.05, 4.69) is 27.7 Å². The minimum absolute atomic E-state index is 0.0617. The predicted molar refractivity (Wildman–Crippen MR) is 284 cm³/mol. The summed E-state index contributed by atoms with van der Waals surface area (Å²) in [5.41, 5.74) is 0. The molecule has 0 saturated heterocycles. The number of hydrogen-bond donors (Lipinski definition) is 0. The van der Waals surface area contributed by atoms with Gasteiger partial charge in [-0.15, -0.1) is 0 Å². The molecule has 0 bridgehead atoms. The smallest absolute Gasteiger partial charge is 0.306 e. The van der Waals surface area contributed by atoms with E-state index >= 15 is 0 Å². The fraction of sp³-hybridized carbons (Fsp3) is 0.950. The molecule has 0 saturated carbocycles. The van der Waals surface area contributed by atoms with Crippen LogP contribution < -0.4 is 0 Å². The van der Waals surface area contributed by atoms with Crippen LogP contribution in [-0.4, -0.2) is 37.2 Å². The van der Waals surface area contributed by atoms with Crippen LogP contribution in [0.25, 0.3) is 0 Å². The van der Waals surface area contributed by atoms with E-state index in [1.165, 1.54) is 238 Å². The number of hydrogen-bond acceptors (Lipinski definition) is 6. The van der Waals surface area contributed by atoms with Crippen molar-refractivity contribution in [3.05, 3.63) is 0 Å². The van der Waals surface area contributed by atoms with Crippen LogP contribution in [0, 0.1) is 5.92 Å². The molecule has 0 fully saturated rings. The Morgan fingerprint density at radius 1 is 0.288 bits per heavy atom. The first-order chi connectivity index (χ1) is 32.4. The average Bonchev–Trinajstić information content (AvgIpc) is 3.30. The van der Waals surface area contributed by atoms with Gasteiger partial charge in [-0.25, -0.2) is 0 Å². The van der Waals surface area contributed by atoms with Gasteiger partial charge < -0.3 is 14.2 Å². The molecular formula is C60H116O6. The Morgan fingerprint density at radius 3 is 0.742 bits per heavy atom. The van der Waals surface area contributed by atoms with Gasteiger partial charge in [0.25, 0.3) is 0 Å². The van der Waals surface area contributed by atoms with Crippen molar-refractivity contribution in [3.63, 3.8) is 0 Å². The molecule has 0 radical (unpaired) electrons. The van der Waals surface area contributed by atoms with E-state index in [4.69, 9.17) is 14.2 Å². The maximum Gasteiger partial charge on any atom is 0.306 e. The Bertz CT molecular complexity index is 996. The van der Waals surface area contributed by atoms with Crippen LogP contribution in [0.4, 0.5) is 0 Å². The Hall–Kier alpha value is -1.59. The molecular weight excluding hydrogens is 817 g/mol. The van der Waals surface area contributed by atoms with Gasteiger partial charge in [-0.3, -0.25) is 14.4 Å². The number of rotatable bonds is 55. The number of carbonyl (C=O) groups is 3. The Kier molecular flexibility index (Phi) is 53.0. The van der Waals surface area contributed by atoms with Crippen molar-refractivity contribution >= 4 is 17.9 Å².